The molecular weight excluding hydrogens is 370 g/mol. The van der Waals surface area contributed by atoms with Crippen LogP contribution in [0.3, 0.4) is 0 Å². The molecule has 29 heavy (non-hydrogen) atoms. The maximum absolute atomic E-state index is 12.7. The fourth-order valence-corrected chi connectivity index (χ4v) is 3.16. The monoisotopic (exact) mass is 393 g/mol. The Morgan fingerprint density at radius 2 is 1.79 bits per heavy atom. The number of carboxylic acids is 1. The quantitative estimate of drug-likeness (QED) is 0.612. The summed E-state index contributed by atoms with van der Waals surface area (Å²) >= 11 is 0. The highest BCUT2D eigenvalue weighted by atomic mass is 16.4. The van der Waals surface area contributed by atoms with Gasteiger partial charge in [0.05, 0.1) is 10.9 Å². The van der Waals surface area contributed by atoms with Gasteiger partial charge in [0.15, 0.2) is 0 Å². The first-order valence-electron chi connectivity index (χ1n) is 9.50. The third-order valence-electron chi connectivity index (χ3n) is 4.81. The lowest BCUT2D eigenvalue weighted by atomic mass is 10.1. The van der Waals surface area contributed by atoms with Crippen molar-refractivity contribution in [2.45, 2.75) is 38.8 Å². The maximum atomic E-state index is 12.7. The summed E-state index contributed by atoms with van der Waals surface area (Å²) in [6.45, 7) is 1.74. The maximum Gasteiger partial charge on any atom is 0.326 e. The van der Waals surface area contributed by atoms with Gasteiger partial charge in [0.1, 0.15) is 11.9 Å². The largest absolute Gasteiger partial charge is 0.480 e. The second-order valence-electron chi connectivity index (χ2n) is 6.90. The van der Waals surface area contributed by atoms with Crippen molar-refractivity contribution < 1.29 is 14.7 Å². The molecule has 3 rings (SSSR count). The topological polar surface area (TPSA) is 103 Å². The average Bonchev–Trinajstić information content (AvgIpc) is 2.72. The molecule has 0 radical (unpaired) electrons. The minimum atomic E-state index is -1.05. The summed E-state index contributed by atoms with van der Waals surface area (Å²) in [6, 6.07) is 15.4. The normalized spacial score (nSPS) is 11.9. The number of nitrogens with zero attached hydrogens (tertiary/aromatic N) is 2. The third-order valence-corrected chi connectivity index (χ3v) is 4.81. The van der Waals surface area contributed by atoms with Gasteiger partial charge in [0.2, 0.25) is 5.91 Å². The molecule has 1 heterocycles. The number of carbonyl (C=O) groups excluding carboxylic acids is 1. The molecule has 0 bridgehead atoms. The van der Waals surface area contributed by atoms with Crippen LogP contribution < -0.4 is 5.56 Å². The molecule has 1 atom stereocenters. The van der Waals surface area contributed by atoms with Crippen molar-refractivity contribution in [3.8, 4) is 0 Å². The van der Waals surface area contributed by atoms with E-state index in [1.54, 1.807) is 18.2 Å². The van der Waals surface area contributed by atoms with Gasteiger partial charge in [0.25, 0.3) is 5.56 Å². The number of aliphatic carboxylic acids is 1. The molecule has 2 aromatic carbocycles. The van der Waals surface area contributed by atoms with E-state index in [-0.39, 0.29) is 24.4 Å². The van der Waals surface area contributed by atoms with Crippen LogP contribution in [0, 0.1) is 0 Å². The Bertz CT molecular complexity index is 1060. The van der Waals surface area contributed by atoms with Crippen LogP contribution >= 0.6 is 0 Å². The lowest BCUT2D eigenvalue weighted by molar-refractivity contribution is -0.150. The minimum absolute atomic E-state index is 0.168. The lowest BCUT2D eigenvalue weighted by Crippen LogP contribution is -2.42. The molecule has 1 aromatic heterocycles. The van der Waals surface area contributed by atoms with Gasteiger partial charge in [-0.2, -0.15) is 0 Å². The van der Waals surface area contributed by atoms with Crippen molar-refractivity contribution in [2.24, 2.45) is 0 Å². The Labute approximate surface area is 168 Å². The number of aryl methyl sites for hydroxylation is 1. The number of hydrogen-bond donors (Lipinski definition) is 2. The van der Waals surface area contributed by atoms with Gasteiger partial charge in [-0.05, 0) is 31.0 Å². The molecule has 2 N–H and O–H groups in total. The highest BCUT2D eigenvalue weighted by Gasteiger charge is 2.25. The van der Waals surface area contributed by atoms with Crippen LogP contribution in [-0.4, -0.2) is 37.9 Å². The van der Waals surface area contributed by atoms with E-state index in [2.05, 4.69) is 9.97 Å². The summed E-state index contributed by atoms with van der Waals surface area (Å²) in [5, 5.41) is 9.89. The minimum Gasteiger partial charge on any atom is -0.480 e. The smallest absolute Gasteiger partial charge is 0.326 e. The third kappa shape index (κ3) is 5.07. The Morgan fingerprint density at radius 1 is 1.10 bits per heavy atom. The first-order chi connectivity index (χ1) is 14.0. The number of fused-ring (bicyclic) bond motifs is 1. The molecule has 1 amide bonds. The van der Waals surface area contributed by atoms with Gasteiger partial charge in [-0.25, -0.2) is 9.78 Å². The van der Waals surface area contributed by atoms with E-state index in [1.807, 2.05) is 36.4 Å². The van der Waals surface area contributed by atoms with Crippen LogP contribution in [0.4, 0.5) is 0 Å². The molecular formula is C22H23N3O4. The van der Waals surface area contributed by atoms with Gasteiger partial charge < -0.3 is 15.0 Å². The summed E-state index contributed by atoms with van der Waals surface area (Å²) < 4.78 is 0. The first-order valence-corrected chi connectivity index (χ1v) is 9.50. The molecule has 7 nitrogen and oxygen atoms in total. The van der Waals surface area contributed by atoms with Crippen LogP contribution in [0.1, 0.15) is 31.2 Å². The zero-order valence-corrected chi connectivity index (χ0v) is 16.2. The number of para-hydroxylation sites is 1. The summed E-state index contributed by atoms with van der Waals surface area (Å²) in [5.41, 5.74) is 1.28. The van der Waals surface area contributed by atoms with Crippen LogP contribution in [0.5, 0.6) is 0 Å². The second kappa shape index (κ2) is 9.14. The van der Waals surface area contributed by atoms with E-state index in [9.17, 15) is 19.5 Å². The highest BCUT2D eigenvalue weighted by molar-refractivity contribution is 5.83. The zero-order valence-electron chi connectivity index (χ0n) is 16.2. The number of aromatic amines is 1. The molecule has 0 aliphatic carbocycles. The van der Waals surface area contributed by atoms with E-state index >= 15 is 0 Å². The first kappa shape index (κ1) is 20.3. The fraction of sp³-hybridized carbons (Fsp3) is 0.273. The molecule has 1 unspecified atom stereocenters. The molecule has 7 heteroatoms. The van der Waals surface area contributed by atoms with Crippen LogP contribution in [0.25, 0.3) is 10.9 Å². The highest BCUT2D eigenvalue weighted by Crippen LogP contribution is 2.13. The Kier molecular flexibility index (Phi) is 6.39. The van der Waals surface area contributed by atoms with Crippen molar-refractivity contribution >= 4 is 22.8 Å². The predicted molar refractivity (Wildman–Crippen MR) is 109 cm³/mol. The number of nitrogens with one attached hydrogen (secondary N) is 1. The molecule has 0 aliphatic rings. The Hall–Kier alpha value is -3.48. The van der Waals surface area contributed by atoms with Crippen molar-refractivity contribution in [3.63, 3.8) is 0 Å². The van der Waals surface area contributed by atoms with E-state index < -0.39 is 12.0 Å². The standard InChI is InChI=1S/C22H23N3O4/c1-15(22(28)29)25(14-16-8-3-2-4-9-16)20(26)13-7-12-19-23-18-11-6-5-10-17(18)21(27)24-19/h2-6,8-11,15H,7,12-14H2,1H3,(H,28,29)(H,23,24,27). The summed E-state index contributed by atoms with van der Waals surface area (Å²) in [6.07, 6.45) is 1.05. The molecule has 150 valence electrons. The number of carbonyl (C=O) groups is 2. The van der Waals surface area contributed by atoms with E-state index in [0.717, 1.165) is 5.56 Å². The number of benzene rings is 2. The van der Waals surface area contributed by atoms with Gasteiger partial charge in [0, 0.05) is 19.4 Å². The number of amides is 1. The Morgan fingerprint density at radius 3 is 2.52 bits per heavy atom. The van der Waals surface area contributed by atoms with Crippen molar-refractivity contribution in [3.05, 3.63) is 76.3 Å². The Balaban J connectivity index is 1.66. The summed E-state index contributed by atoms with van der Waals surface area (Å²) in [4.78, 5) is 44.9. The SMILES string of the molecule is CC(C(=O)O)N(Cc1ccccc1)C(=O)CCCc1nc2ccccc2c(=O)[nH]1. The molecule has 0 aliphatic heterocycles. The van der Waals surface area contributed by atoms with Gasteiger partial charge in [-0.3, -0.25) is 9.59 Å². The van der Waals surface area contributed by atoms with Gasteiger partial charge in [-0.1, -0.05) is 42.5 Å². The van der Waals surface area contributed by atoms with Crippen LogP contribution in [-0.2, 0) is 22.6 Å². The van der Waals surface area contributed by atoms with Crippen LogP contribution in [0.15, 0.2) is 59.4 Å². The number of rotatable bonds is 8. The number of carboxylic acid groups (broad SMARTS) is 1. The summed E-state index contributed by atoms with van der Waals surface area (Å²) in [5.74, 6) is -0.774. The molecule has 0 saturated heterocycles. The van der Waals surface area contributed by atoms with Crippen molar-refractivity contribution in [2.75, 3.05) is 0 Å². The number of aromatic nitrogens is 2. The van der Waals surface area contributed by atoms with Gasteiger partial charge in [-0.15, -0.1) is 0 Å². The van der Waals surface area contributed by atoms with Crippen LogP contribution in [0.2, 0.25) is 0 Å². The van der Waals surface area contributed by atoms with Crippen molar-refractivity contribution in [1.29, 1.82) is 0 Å². The molecule has 0 fully saturated rings. The summed E-state index contributed by atoms with van der Waals surface area (Å²) in [7, 11) is 0. The van der Waals surface area contributed by atoms with E-state index in [4.69, 9.17) is 0 Å². The zero-order chi connectivity index (χ0) is 20.8. The lowest BCUT2D eigenvalue weighted by Gasteiger charge is -2.26. The van der Waals surface area contributed by atoms with E-state index in [0.29, 0.717) is 29.6 Å². The molecule has 0 saturated carbocycles. The predicted octanol–water partition coefficient (Wildman–Crippen LogP) is 2.75. The molecule has 0 spiro atoms. The average molecular weight is 393 g/mol. The second-order valence-corrected chi connectivity index (χ2v) is 6.90. The van der Waals surface area contributed by atoms with Gasteiger partial charge >= 0.3 is 5.97 Å². The van der Waals surface area contributed by atoms with E-state index in [1.165, 1.54) is 11.8 Å². The number of hydrogen-bond acceptors (Lipinski definition) is 4. The fourth-order valence-electron chi connectivity index (χ4n) is 3.16. The molecule has 3 aromatic rings. The number of H-pyrrole nitrogens is 1. The van der Waals surface area contributed by atoms with Crippen molar-refractivity contribution in [1.82, 2.24) is 14.9 Å².